The molecule has 0 aliphatic rings. The molecule has 2 rings (SSSR count). The molecule has 2 aromatic rings. The molecule has 0 aromatic heterocycles. The third-order valence-electron chi connectivity index (χ3n) is 4.98. The van der Waals surface area contributed by atoms with E-state index in [1.165, 1.54) is 16.7 Å². The van der Waals surface area contributed by atoms with Crippen molar-refractivity contribution in [2.45, 2.75) is 52.5 Å². The monoisotopic (exact) mass is 442 g/mol. The second kappa shape index (κ2) is 12.4. The smallest absolute Gasteiger partial charge is 0.242 e. The van der Waals surface area contributed by atoms with Crippen molar-refractivity contribution in [3.63, 3.8) is 0 Å². The van der Waals surface area contributed by atoms with Crippen LogP contribution in [-0.4, -0.2) is 42.2 Å². The molecule has 2 amide bonds. The van der Waals surface area contributed by atoms with Crippen LogP contribution in [0.3, 0.4) is 0 Å². The largest absolute Gasteiger partial charge is 0.497 e. The maximum Gasteiger partial charge on any atom is 0.242 e. The maximum absolute atomic E-state index is 13.1. The normalized spacial score (nSPS) is 11.6. The number of nitrogens with one attached hydrogen (secondary N) is 1. The SMILES string of the molecule is CCCNC(=O)[C@H](C)N(Cc1cccc(OC)c1)C(=O)CSCc1cc(C)cc(C)c1. The fourth-order valence-electron chi connectivity index (χ4n) is 3.44. The first kappa shape index (κ1) is 24.8. The number of amides is 2. The van der Waals surface area contributed by atoms with Gasteiger partial charge < -0.3 is 15.0 Å². The summed E-state index contributed by atoms with van der Waals surface area (Å²) < 4.78 is 5.30. The van der Waals surface area contributed by atoms with E-state index in [2.05, 4.69) is 37.4 Å². The van der Waals surface area contributed by atoms with Crippen LogP contribution in [0.2, 0.25) is 0 Å². The van der Waals surface area contributed by atoms with Crippen molar-refractivity contribution in [1.29, 1.82) is 0 Å². The van der Waals surface area contributed by atoms with E-state index in [-0.39, 0.29) is 11.8 Å². The number of carbonyl (C=O) groups excluding carboxylic acids is 2. The van der Waals surface area contributed by atoms with Crippen LogP contribution in [-0.2, 0) is 21.9 Å². The zero-order chi connectivity index (χ0) is 22.8. The first-order valence-electron chi connectivity index (χ1n) is 10.7. The van der Waals surface area contributed by atoms with Gasteiger partial charge in [-0.25, -0.2) is 0 Å². The van der Waals surface area contributed by atoms with Crippen LogP contribution >= 0.6 is 11.8 Å². The lowest BCUT2D eigenvalue weighted by atomic mass is 10.1. The number of rotatable bonds is 11. The fraction of sp³-hybridized carbons (Fsp3) is 0.440. The Kier molecular flexibility index (Phi) is 9.92. The van der Waals surface area contributed by atoms with Gasteiger partial charge in [0.1, 0.15) is 11.8 Å². The lowest BCUT2D eigenvalue weighted by molar-refractivity contribution is -0.138. The number of nitrogens with zero attached hydrogens (tertiary/aromatic N) is 1. The van der Waals surface area contributed by atoms with Crippen LogP contribution in [0.15, 0.2) is 42.5 Å². The van der Waals surface area contributed by atoms with E-state index >= 15 is 0 Å². The minimum atomic E-state index is -0.549. The quantitative estimate of drug-likeness (QED) is 0.557. The van der Waals surface area contributed by atoms with Gasteiger partial charge in [0.15, 0.2) is 0 Å². The summed E-state index contributed by atoms with van der Waals surface area (Å²) in [6.07, 6.45) is 0.855. The van der Waals surface area contributed by atoms with Crippen molar-refractivity contribution in [1.82, 2.24) is 10.2 Å². The standard InChI is InChI=1S/C25H34N2O3S/c1-6-10-26-25(29)20(4)27(15-21-8-7-9-23(14-21)30-5)24(28)17-31-16-22-12-18(2)11-19(3)13-22/h7-9,11-14,20H,6,10,15-17H2,1-5H3,(H,26,29)/t20-/m0/s1. The molecule has 0 bridgehead atoms. The van der Waals surface area contributed by atoms with Crippen molar-refractivity contribution in [2.75, 3.05) is 19.4 Å². The van der Waals surface area contributed by atoms with Gasteiger partial charge >= 0.3 is 0 Å². The van der Waals surface area contributed by atoms with Crippen LogP contribution in [0.4, 0.5) is 0 Å². The summed E-state index contributed by atoms with van der Waals surface area (Å²) in [5.74, 6) is 1.64. The Hall–Kier alpha value is -2.47. The average Bonchev–Trinajstić information content (AvgIpc) is 2.74. The van der Waals surface area contributed by atoms with Gasteiger partial charge in [-0.15, -0.1) is 11.8 Å². The molecule has 0 fully saturated rings. The Balaban J connectivity index is 2.09. The molecule has 0 radical (unpaired) electrons. The number of thioether (sulfide) groups is 1. The van der Waals surface area contributed by atoms with Crippen molar-refractivity contribution in [2.24, 2.45) is 0 Å². The summed E-state index contributed by atoms with van der Waals surface area (Å²) in [6, 6.07) is 13.5. The molecule has 1 N–H and O–H groups in total. The molecule has 0 spiro atoms. The molecule has 5 nitrogen and oxygen atoms in total. The van der Waals surface area contributed by atoms with E-state index in [1.54, 1.807) is 30.7 Å². The minimum Gasteiger partial charge on any atom is -0.497 e. The molecule has 6 heteroatoms. The summed E-state index contributed by atoms with van der Waals surface area (Å²) in [4.78, 5) is 27.4. The van der Waals surface area contributed by atoms with Gasteiger partial charge in [-0.3, -0.25) is 9.59 Å². The number of hydrogen-bond donors (Lipinski definition) is 1. The van der Waals surface area contributed by atoms with E-state index in [0.717, 1.165) is 23.5 Å². The highest BCUT2D eigenvalue weighted by molar-refractivity contribution is 7.99. The lowest BCUT2D eigenvalue weighted by Gasteiger charge is -2.29. The van der Waals surface area contributed by atoms with Gasteiger partial charge in [0.05, 0.1) is 12.9 Å². The van der Waals surface area contributed by atoms with Crippen LogP contribution in [0.25, 0.3) is 0 Å². The van der Waals surface area contributed by atoms with Crippen molar-refractivity contribution in [3.05, 3.63) is 64.7 Å². The third-order valence-corrected chi connectivity index (χ3v) is 5.97. The van der Waals surface area contributed by atoms with Gasteiger partial charge in [0, 0.05) is 18.8 Å². The van der Waals surface area contributed by atoms with Gasteiger partial charge in [-0.2, -0.15) is 0 Å². The topological polar surface area (TPSA) is 58.6 Å². The zero-order valence-corrected chi connectivity index (χ0v) is 20.1. The van der Waals surface area contributed by atoms with E-state index < -0.39 is 6.04 Å². The molecule has 0 aliphatic carbocycles. The number of ether oxygens (including phenoxy) is 1. The Morgan fingerprint density at radius 1 is 1.10 bits per heavy atom. The predicted octanol–water partition coefficient (Wildman–Crippen LogP) is 4.49. The number of methoxy groups -OCH3 is 1. The number of hydrogen-bond acceptors (Lipinski definition) is 4. The maximum atomic E-state index is 13.1. The molecule has 0 saturated carbocycles. The molecule has 2 aromatic carbocycles. The van der Waals surface area contributed by atoms with Gasteiger partial charge in [-0.05, 0) is 50.5 Å². The van der Waals surface area contributed by atoms with E-state index in [1.807, 2.05) is 31.2 Å². The highest BCUT2D eigenvalue weighted by Crippen LogP contribution is 2.19. The lowest BCUT2D eigenvalue weighted by Crippen LogP contribution is -2.48. The molecular formula is C25H34N2O3S. The van der Waals surface area contributed by atoms with Gasteiger partial charge in [0.2, 0.25) is 11.8 Å². The molecule has 0 aliphatic heterocycles. The highest BCUT2D eigenvalue weighted by atomic mass is 32.2. The number of aryl methyl sites for hydroxylation is 2. The zero-order valence-electron chi connectivity index (χ0n) is 19.2. The van der Waals surface area contributed by atoms with E-state index in [9.17, 15) is 9.59 Å². The average molecular weight is 443 g/mol. The van der Waals surface area contributed by atoms with Crippen molar-refractivity contribution < 1.29 is 14.3 Å². The van der Waals surface area contributed by atoms with Crippen molar-refractivity contribution >= 4 is 23.6 Å². The van der Waals surface area contributed by atoms with Gasteiger partial charge in [-0.1, -0.05) is 48.4 Å². The molecule has 1 atom stereocenters. The summed E-state index contributed by atoms with van der Waals surface area (Å²) in [7, 11) is 1.62. The van der Waals surface area contributed by atoms with E-state index in [0.29, 0.717) is 18.8 Å². The molecule has 168 valence electrons. The van der Waals surface area contributed by atoms with Gasteiger partial charge in [0.25, 0.3) is 0 Å². The molecule has 31 heavy (non-hydrogen) atoms. The Morgan fingerprint density at radius 2 is 1.81 bits per heavy atom. The van der Waals surface area contributed by atoms with Crippen molar-refractivity contribution in [3.8, 4) is 5.75 Å². The Bertz CT molecular complexity index is 865. The summed E-state index contributed by atoms with van der Waals surface area (Å²) in [6.45, 7) is 8.93. The van der Waals surface area contributed by atoms with Crippen LogP contribution in [0.1, 0.15) is 42.5 Å². The van der Waals surface area contributed by atoms with Crippen LogP contribution in [0.5, 0.6) is 5.75 Å². The van der Waals surface area contributed by atoms with Crippen LogP contribution < -0.4 is 10.1 Å². The molecule has 0 saturated heterocycles. The first-order valence-corrected chi connectivity index (χ1v) is 11.8. The number of benzene rings is 2. The molecular weight excluding hydrogens is 408 g/mol. The second-order valence-electron chi connectivity index (χ2n) is 7.83. The number of carbonyl (C=O) groups is 2. The predicted molar refractivity (Wildman–Crippen MR) is 128 cm³/mol. The minimum absolute atomic E-state index is 0.0451. The summed E-state index contributed by atoms with van der Waals surface area (Å²) in [5, 5.41) is 2.91. The Morgan fingerprint density at radius 3 is 2.45 bits per heavy atom. The summed E-state index contributed by atoms with van der Waals surface area (Å²) in [5.41, 5.74) is 4.59. The molecule has 0 unspecified atom stereocenters. The first-order chi connectivity index (χ1) is 14.8. The van der Waals surface area contributed by atoms with E-state index in [4.69, 9.17) is 4.74 Å². The second-order valence-corrected chi connectivity index (χ2v) is 8.81. The fourth-order valence-corrected chi connectivity index (χ4v) is 4.28. The Labute approximate surface area is 190 Å². The highest BCUT2D eigenvalue weighted by Gasteiger charge is 2.26. The summed E-state index contributed by atoms with van der Waals surface area (Å²) >= 11 is 1.58. The van der Waals surface area contributed by atoms with Crippen LogP contribution in [0, 0.1) is 13.8 Å². The molecule has 0 heterocycles. The third kappa shape index (κ3) is 7.94.